The lowest BCUT2D eigenvalue weighted by molar-refractivity contribution is 0.249. The Labute approximate surface area is 127 Å². The SMILES string of the molecule is C[C@@H](NC(=O)Nc1ccc(Cl)c(Cl)c1)c1ccccn1. The molecule has 2 amide bonds. The third-order valence-electron chi connectivity index (χ3n) is 2.66. The van der Waals surface area contributed by atoms with Crippen molar-refractivity contribution in [2.45, 2.75) is 13.0 Å². The van der Waals surface area contributed by atoms with E-state index in [2.05, 4.69) is 15.6 Å². The van der Waals surface area contributed by atoms with Crippen molar-refractivity contribution >= 4 is 34.9 Å². The van der Waals surface area contributed by atoms with Crippen LogP contribution in [0.2, 0.25) is 10.0 Å². The zero-order valence-electron chi connectivity index (χ0n) is 10.7. The van der Waals surface area contributed by atoms with Crippen LogP contribution < -0.4 is 10.6 Å². The predicted octanol–water partition coefficient (Wildman–Crippen LogP) is 4.27. The highest BCUT2D eigenvalue weighted by molar-refractivity contribution is 6.42. The normalized spacial score (nSPS) is 11.8. The maximum Gasteiger partial charge on any atom is 0.319 e. The number of hydrogen-bond donors (Lipinski definition) is 2. The molecule has 0 bridgehead atoms. The second kappa shape index (κ2) is 6.59. The van der Waals surface area contributed by atoms with Gasteiger partial charge < -0.3 is 10.6 Å². The molecule has 2 N–H and O–H groups in total. The number of anilines is 1. The average Bonchev–Trinajstić information content (AvgIpc) is 2.44. The summed E-state index contributed by atoms with van der Waals surface area (Å²) in [5, 5.41) is 6.31. The summed E-state index contributed by atoms with van der Waals surface area (Å²) in [6, 6.07) is 9.92. The summed E-state index contributed by atoms with van der Waals surface area (Å²) in [4.78, 5) is 16.0. The summed E-state index contributed by atoms with van der Waals surface area (Å²) in [7, 11) is 0. The Kier molecular flexibility index (Phi) is 4.82. The monoisotopic (exact) mass is 309 g/mol. The van der Waals surface area contributed by atoms with Crippen LogP contribution in [0.1, 0.15) is 18.7 Å². The standard InChI is InChI=1S/C14H13Cl2N3O/c1-9(13-4-2-3-7-17-13)18-14(20)19-10-5-6-11(15)12(16)8-10/h2-9H,1H3,(H2,18,19,20)/t9-/m1/s1. The molecule has 0 fully saturated rings. The minimum absolute atomic E-state index is 0.195. The van der Waals surface area contributed by atoms with Crippen molar-refractivity contribution in [3.63, 3.8) is 0 Å². The van der Waals surface area contributed by atoms with Crippen LogP contribution in [0.4, 0.5) is 10.5 Å². The second-order valence-corrected chi connectivity index (χ2v) is 5.02. The minimum Gasteiger partial charge on any atom is -0.330 e. The highest BCUT2D eigenvalue weighted by Crippen LogP contribution is 2.25. The smallest absolute Gasteiger partial charge is 0.319 e. The molecule has 4 nitrogen and oxygen atoms in total. The molecule has 6 heteroatoms. The number of carbonyl (C=O) groups excluding carboxylic acids is 1. The summed E-state index contributed by atoms with van der Waals surface area (Å²) in [6.07, 6.45) is 1.68. The third kappa shape index (κ3) is 3.85. The average molecular weight is 310 g/mol. The van der Waals surface area contributed by atoms with Gasteiger partial charge >= 0.3 is 6.03 Å². The van der Waals surface area contributed by atoms with Gasteiger partial charge in [0, 0.05) is 11.9 Å². The molecule has 0 radical (unpaired) electrons. The molecule has 0 aliphatic rings. The maximum atomic E-state index is 11.9. The van der Waals surface area contributed by atoms with Gasteiger partial charge in [0.05, 0.1) is 21.8 Å². The molecular weight excluding hydrogens is 297 g/mol. The Morgan fingerprint density at radius 3 is 2.65 bits per heavy atom. The molecular formula is C14H13Cl2N3O. The van der Waals surface area contributed by atoms with E-state index in [-0.39, 0.29) is 12.1 Å². The fourth-order valence-corrected chi connectivity index (χ4v) is 1.94. The number of benzene rings is 1. The fourth-order valence-electron chi connectivity index (χ4n) is 1.64. The number of aromatic nitrogens is 1. The Morgan fingerprint density at radius 1 is 1.20 bits per heavy atom. The summed E-state index contributed by atoms with van der Waals surface area (Å²) < 4.78 is 0. The van der Waals surface area contributed by atoms with Crippen LogP contribution in [0, 0.1) is 0 Å². The van der Waals surface area contributed by atoms with Crippen molar-refractivity contribution in [1.29, 1.82) is 0 Å². The van der Waals surface area contributed by atoms with Crippen LogP contribution in [0.5, 0.6) is 0 Å². The van der Waals surface area contributed by atoms with E-state index in [9.17, 15) is 4.79 Å². The van der Waals surface area contributed by atoms with Crippen LogP contribution in [0.15, 0.2) is 42.6 Å². The molecule has 1 atom stereocenters. The van der Waals surface area contributed by atoms with Crippen LogP contribution in [-0.4, -0.2) is 11.0 Å². The van der Waals surface area contributed by atoms with E-state index in [0.29, 0.717) is 15.7 Å². The minimum atomic E-state index is -0.332. The van der Waals surface area contributed by atoms with Gasteiger partial charge in [-0.05, 0) is 37.3 Å². The number of carbonyl (C=O) groups is 1. The zero-order valence-corrected chi connectivity index (χ0v) is 12.2. The Balaban J connectivity index is 1.97. The van der Waals surface area contributed by atoms with Crippen molar-refractivity contribution in [1.82, 2.24) is 10.3 Å². The number of nitrogens with one attached hydrogen (secondary N) is 2. The topological polar surface area (TPSA) is 54.0 Å². The van der Waals surface area contributed by atoms with Gasteiger partial charge in [-0.2, -0.15) is 0 Å². The molecule has 2 aromatic rings. The quantitative estimate of drug-likeness (QED) is 0.889. The van der Waals surface area contributed by atoms with Gasteiger partial charge in [0.25, 0.3) is 0 Å². The Morgan fingerprint density at radius 2 is 2.00 bits per heavy atom. The number of nitrogens with zero attached hydrogens (tertiary/aromatic N) is 1. The molecule has 0 saturated carbocycles. The number of pyridine rings is 1. The van der Waals surface area contributed by atoms with Gasteiger partial charge in [-0.15, -0.1) is 0 Å². The molecule has 1 heterocycles. The van der Waals surface area contributed by atoms with Gasteiger partial charge in [0.2, 0.25) is 0 Å². The van der Waals surface area contributed by atoms with E-state index in [0.717, 1.165) is 5.69 Å². The molecule has 0 saturated heterocycles. The fraction of sp³-hybridized carbons (Fsp3) is 0.143. The second-order valence-electron chi connectivity index (χ2n) is 4.20. The highest BCUT2D eigenvalue weighted by Gasteiger charge is 2.10. The number of rotatable bonds is 3. The molecule has 0 aliphatic carbocycles. The van der Waals surface area contributed by atoms with Crippen molar-refractivity contribution in [2.24, 2.45) is 0 Å². The predicted molar refractivity (Wildman–Crippen MR) is 81.3 cm³/mol. The molecule has 20 heavy (non-hydrogen) atoms. The van der Waals surface area contributed by atoms with Crippen molar-refractivity contribution < 1.29 is 4.79 Å². The van der Waals surface area contributed by atoms with Gasteiger partial charge in [-0.3, -0.25) is 4.98 Å². The van der Waals surface area contributed by atoms with Crippen molar-refractivity contribution in [2.75, 3.05) is 5.32 Å². The van der Waals surface area contributed by atoms with E-state index >= 15 is 0 Å². The van der Waals surface area contributed by atoms with E-state index < -0.39 is 0 Å². The maximum absolute atomic E-state index is 11.9. The molecule has 2 rings (SSSR count). The Bertz CT molecular complexity index is 605. The van der Waals surface area contributed by atoms with Crippen LogP contribution >= 0.6 is 23.2 Å². The van der Waals surface area contributed by atoms with Gasteiger partial charge in [-0.25, -0.2) is 4.79 Å². The molecule has 0 spiro atoms. The van der Waals surface area contributed by atoms with Crippen LogP contribution in [0.25, 0.3) is 0 Å². The van der Waals surface area contributed by atoms with E-state index in [1.54, 1.807) is 24.4 Å². The van der Waals surface area contributed by atoms with E-state index in [1.807, 2.05) is 25.1 Å². The molecule has 104 valence electrons. The first-order valence-corrected chi connectivity index (χ1v) is 6.75. The van der Waals surface area contributed by atoms with E-state index in [1.165, 1.54) is 0 Å². The number of halogens is 2. The highest BCUT2D eigenvalue weighted by atomic mass is 35.5. The number of urea groups is 1. The lowest BCUT2D eigenvalue weighted by atomic mass is 10.2. The van der Waals surface area contributed by atoms with Crippen molar-refractivity contribution in [3.8, 4) is 0 Å². The number of hydrogen-bond acceptors (Lipinski definition) is 2. The van der Waals surface area contributed by atoms with Gasteiger partial charge in [0.15, 0.2) is 0 Å². The number of amides is 2. The van der Waals surface area contributed by atoms with Gasteiger partial charge in [0.1, 0.15) is 0 Å². The molecule has 0 unspecified atom stereocenters. The molecule has 1 aromatic heterocycles. The van der Waals surface area contributed by atoms with Crippen LogP contribution in [-0.2, 0) is 0 Å². The van der Waals surface area contributed by atoms with E-state index in [4.69, 9.17) is 23.2 Å². The lowest BCUT2D eigenvalue weighted by Crippen LogP contribution is -2.31. The van der Waals surface area contributed by atoms with Crippen molar-refractivity contribution in [3.05, 3.63) is 58.3 Å². The Hall–Kier alpha value is -1.78. The third-order valence-corrected chi connectivity index (χ3v) is 3.40. The summed E-state index contributed by atoms with van der Waals surface area (Å²) in [5.41, 5.74) is 1.36. The first kappa shape index (κ1) is 14.6. The summed E-state index contributed by atoms with van der Waals surface area (Å²) >= 11 is 11.7. The van der Waals surface area contributed by atoms with Crippen LogP contribution in [0.3, 0.4) is 0 Å². The first-order chi connectivity index (χ1) is 9.56. The molecule has 1 aromatic carbocycles. The summed E-state index contributed by atoms with van der Waals surface area (Å²) in [5.74, 6) is 0. The van der Waals surface area contributed by atoms with Gasteiger partial charge in [-0.1, -0.05) is 29.3 Å². The zero-order chi connectivity index (χ0) is 14.5. The lowest BCUT2D eigenvalue weighted by Gasteiger charge is -2.14. The summed E-state index contributed by atoms with van der Waals surface area (Å²) in [6.45, 7) is 1.86. The molecule has 0 aliphatic heterocycles. The first-order valence-electron chi connectivity index (χ1n) is 6.00. The largest absolute Gasteiger partial charge is 0.330 e.